The fraction of sp³-hybridized carbons (Fsp3) is 0.333. The minimum Gasteiger partial charge on any atom is -0.494 e. The van der Waals surface area contributed by atoms with Crippen LogP contribution in [-0.2, 0) is 16.1 Å². The van der Waals surface area contributed by atoms with Gasteiger partial charge in [0, 0.05) is 18.7 Å². The summed E-state index contributed by atoms with van der Waals surface area (Å²) in [5, 5.41) is 0. The lowest BCUT2D eigenvalue weighted by Gasteiger charge is -2.25. The van der Waals surface area contributed by atoms with Gasteiger partial charge in [-0.2, -0.15) is 0 Å². The number of esters is 1. The van der Waals surface area contributed by atoms with Crippen molar-refractivity contribution >= 4 is 11.9 Å². The van der Waals surface area contributed by atoms with Crippen molar-refractivity contribution in [3.8, 4) is 5.75 Å². The maximum Gasteiger partial charge on any atom is 0.310 e. The van der Waals surface area contributed by atoms with Gasteiger partial charge >= 0.3 is 5.97 Å². The molecule has 2 aromatic rings. The van der Waals surface area contributed by atoms with Gasteiger partial charge in [0.25, 0.3) is 5.91 Å². The lowest BCUT2D eigenvalue weighted by Crippen LogP contribution is -2.36. The van der Waals surface area contributed by atoms with E-state index in [0.29, 0.717) is 24.5 Å². The summed E-state index contributed by atoms with van der Waals surface area (Å²) in [7, 11) is 1.35. The molecule has 0 bridgehead atoms. The highest BCUT2D eigenvalue weighted by Crippen LogP contribution is 2.18. The van der Waals surface area contributed by atoms with E-state index in [0.717, 1.165) is 5.56 Å². The van der Waals surface area contributed by atoms with Gasteiger partial charge in [0.05, 0.1) is 19.6 Å². The molecule has 138 valence electrons. The quantitative estimate of drug-likeness (QED) is 0.680. The van der Waals surface area contributed by atoms with Crippen LogP contribution in [0.25, 0.3) is 0 Å². The molecule has 0 spiro atoms. The summed E-state index contributed by atoms with van der Waals surface area (Å²) in [6.45, 7) is 4.88. The van der Waals surface area contributed by atoms with E-state index in [-0.39, 0.29) is 18.4 Å². The first kappa shape index (κ1) is 19.5. The Morgan fingerprint density at radius 3 is 2.46 bits per heavy atom. The highest BCUT2D eigenvalue weighted by atomic mass is 16.5. The van der Waals surface area contributed by atoms with Crippen molar-refractivity contribution in [1.82, 2.24) is 4.90 Å². The van der Waals surface area contributed by atoms with E-state index in [1.807, 2.05) is 43.3 Å². The Morgan fingerprint density at radius 2 is 1.81 bits per heavy atom. The predicted octanol–water partition coefficient (Wildman–Crippen LogP) is 3.54. The van der Waals surface area contributed by atoms with E-state index >= 15 is 0 Å². The van der Waals surface area contributed by atoms with Crippen molar-refractivity contribution in [1.29, 1.82) is 0 Å². The van der Waals surface area contributed by atoms with Crippen molar-refractivity contribution in [3.63, 3.8) is 0 Å². The van der Waals surface area contributed by atoms with Crippen LogP contribution in [0, 0.1) is 5.92 Å². The molecule has 5 nitrogen and oxygen atoms in total. The third kappa shape index (κ3) is 5.34. The first-order chi connectivity index (χ1) is 12.5. The van der Waals surface area contributed by atoms with Crippen LogP contribution in [0.4, 0.5) is 0 Å². The summed E-state index contributed by atoms with van der Waals surface area (Å²) in [6, 6.07) is 16.8. The molecule has 5 heteroatoms. The Hall–Kier alpha value is -2.82. The molecule has 26 heavy (non-hydrogen) atoms. The molecule has 0 heterocycles. The lowest BCUT2D eigenvalue weighted by atomic mass is 10.1. The minimum atomic E-state index is -0.414. The molecule has 2 aromatic carbocycles. The molecule has 0 N–H and O–H groups in total. The zero-order chi connectivity index (χ0) is 18.9. The summed E-state index contributed by atoms with van der Waals surface area (Å²) in [6.07, 6.45) is 0. The summed E-state index contributed by atoms with van der Waals surface area (Å²) in [5.41, 5.74) is 1.53. The number of rotatable bonds is 8. The van der Waals surface area contributed by atoms with Crippen molar-refractivity contribution in [3.05, 3.63) is 65.7 Å². The van der Waals surface area contributed by atoms with Crippen molar-refractivity contribution in [2.45, 2.75) is 20.4 Å². The van der Waals surface area contributed by atoms with E-state index < -0.39 is 5.92 Å². The zero-order valence-electron chi connectivity index (χ0n) is 15.5. The fourth-order valence-electron chi connectivity index (χ4n) is 2.70. The first-order valence-corrected chi connectivity index (χ1v) is 8.69. The highest BCUT2D eigenvalue weighted by Gasteiger charge is 2.23. The summed E-state index contributed by atoms with van der Waals surface area (Å²) in [4.78, 5) is 26.6. The van der Waals surface area contributed by atoms with Gasteiger partial charge in [0.1, 0.15) is 5.75 Å². The molecule has 1 unspecified atom stereocenters. The number of benzene rings is 2. The van der Waals surface area contributed by atoms with Crippen LogP contribution in [0.5, 0.6) is 5.75 Å². The van der Waals surface area contributed by atoms with Crippen molar-refractivity contribution in [2.24, 2.45) is 5.92 Å². The summed E-state index contributed by atoms with van der Waals surface area (Å²) < 4.78 is 10.3. The van der Waals surface area contributed by atoms with Crippen LogP contribution in [0.2, 0.25) is 0 Å². The Morgan fingerprint density at radius 1 is 1.08 bits per heavy atom. The molecule has 0 fully saturated rings. The average molecular weight is 355 g/mol. The summed E-state index contributed by atoms with van der Waals surface area (Å²) >= 11 is 0. The van der Waals surface area contributed by atoms with Crippen LogP contribution in [0.15, 0.2) is 54.6 Å². The SMILES string of the molecule is CCOc1cccc(C(=O)N(Cc2ccccc2)CC(C)C(=O)OC)c1. The number of hydrogen-bond donors (Lipinski definition) is 0. The van der Waals surface area contributed by atoms with E-state index in [9.17, 15) is 9.59 Å². The third-order valence-corrected chi connectivity index (χ3v) is 3.99. The smallest absolute Gasteiger partial charge is 0.310 e. The minimum absolute atomic E-state index is 0.147. The second-order valence-corrected chi connectivity index (χ2v) is 6.06. The molecule has 0 aliphatic heterocycles. The maximum atomic E-state index is 13.1. The fourth-order valence-corrected chi connectivity index (χ4v) is 2.70. The number of carbonyl (C=O) groups is 2. The normalized spacial score (nSPS) is 11.5. The van der Waals surface area contributed by atoms with E-state index in [1.54, 1.807) is 30.0 Å². The van der Waals surface area contributed by atoms with Gasteiger partial charge in [-0.15, -0.1) is 0 Å². The van der Waals surface area contributed by atoms with Gasteiger partial charge in [0.15, 0.2) is 0 Å². The highest BCUT2D eigenvalue weighted by molar-refractivity contribution is 5.94. The standard InChI is InChI=1S/C21H25NO4/c1-4-26-19-12-8-11-18(13-19)20(23)22(14-16(2)21(24)25-3)15-17-9-6-5-7-10-17/h5-13,16H,4,14-15H2,1-3H3. The number of methoxy groups -OCH3 is 1. The van der Waals surface area contributed by atoms with Gasteiger partial charge in [-0.05, 0) is 30.7 Å². The molecule has 0 radical (unpaired) electrons. The van der Waals surface area contributed by atoms with Gasteiger partial charge in [-0.3, -0.25) is 9.59 Å². The van der Waals surface area contributed by atoms with E-state index in [2.05, 4.69) is 0 Å². The Kier molecular flexibility index (Phi) is 7.21. The van der Waals surface area contributed by atoms with Gasteiger partial charge < -0.3 is 14.4 Å². The number of amides is 1. The molecule has 0 aliphatic carbocycles. The van der Waals surface area contributed by atoms with E-state index in [4.69, 9.17) is 9.47 Å². The molecule has 0 saturated heterocycles. The Labute approximate surface area is 154 Å². The molecule has 0 aromatic heterocycles. The first-order valence-electron chi connectivity index (χ1n) is 8.69. The summed E-state index contributed by atoms with van der Waals surface area (Å²) in [5.74, 6) is -0.244. The Balaban J connectivity index is 2.25. The largest absolute Gasteiger partial charge is 0.494 e. The zero-order valence-corrected chi connectivity index (χ0v) is 15.5. The number of hydrogen-bond acceptors (Lipinski definition) is 4. The van der Waals surface area contributed by atoms with Crippen molar-refractivity contribution in [2.75, 3.05) is 20.3 Å². The topological polar surface area (TPSA) is 55.8 Å². The van der Waals surface area contributed by atoms with Crippen LogP contribution in [0.3, 0.4) is 0 Å². The molecule has 2 rings (SSSR count). The second-order valence-electron chi connectivity index (χ2n) is 6.06. The monoisotopic (exact) mass is 355 g/mol. The molecule has 0 saturated carbocycles. The number of ether oxygens (including phenoxy) is 2. The van der Waals surface area contributed by atoms with Crippen LogP contribution >= 0.6 is 0 Å². The maximum absolute atomic E-state index is 13.1. The Bertz CT molecular complexity index is 730. The predicted molar refractivity (Wildman–Crippen MR) is 100.0 cm³/mol. The molecule has 0 aliphatic rings. The van der Waals surface area contributed by atoms with Crippen LogP contribution < -0.4 is 4.74 Å². The van der Waals surface area contributed by atoms with Gasteiger partial charge in [-0.1, -0.05) is 43.3 Å². The second kappa shape index (κ2) is 9.61. The molecule has 1 amide bonds. The van der Waals surface area contributed by atoms with Crippen molar-refractivity contribution < 1.29 is 19.1 Å². The molecular weight excluding hydrogens is 330 g/mol. The average Bonchev–Trinajstić information content (AvgIpc) is 2.67. The molecular formula is C21H25NO4. The van der Waals surface area contributed by atoms with Gasteiger partial charge in [0.2, 0.25) is 0 Å². The van der Waals surface area contributed by atoms with E-state index in [1.165, 1.54) is 7.11 Å². The lowest BCUT2D eigenvalue weighted by molar-refractivity contribution is -0.145. The third-order valence-electron chi connectivity index (χ3n) is 3.99. The number of nitrogens with zero attached hydrogens (tertiary/aromatic N) is 1. The van der Waals surface area contributed by atoms with Gasteiger partial charge in [-0.25, -0.2) is 0 Å². The number of carbonyl (C=O) groups excluding carboxylic acids is 2. The van der Waals surface area contributed by atoms with Crippen LogP contribution in [0.1, 0.15) is 29.8 Å². The van der Waals surface area contributed by atoms with Crippen LogP contribution in [-0.4, -0.2) is 37.0 Å². The molecule has 1 atom stereocenters.